The molecular formula is C8H5N3O4. The highest BCUT2D eigenvalue weighted by atomic mass is 16.6. The summed E-state index contributed by atoms with van der Waals surface area (Å²) in [6.45, 7) is 0. The molecule has 2 aromatic rings. The van der Waals surface area contributed by atoms with Crippen LogP contribution in [-0.2, 0) is 0 Å². The first-order valence-electron chi connectivity index (χ1n) is 3.99. The minimum absolute atomic E-state index is 0.493. The lowest BCUT2D eigenvalue weighted by molar-refractivity contribution is -0.422. The number of aromatic nitrogens is 1. The van der Waals surface area contributed by atoms with E-state index in [4.69, 9.17) is 0 Å². The highest BCUT2D eigenvalue weighted by Gasteiger charge is 2.24. The van der Waals surface area contributed by atoms with Gasteiger partial charge in [0, 0.05) is 23.7 Å². The molecule has 2 rings (SSSR count). The summed E-state index contributed by atoms with van der Waals surface area (Å²) in [5, 5.41) is 21.7. The number of rotatable bonds is 2. The molecule has 1 aromatic heterocycles. The fourth-order valence-electron chi connectivity index (χ4n) is 1.37. The van der Waals surface area contributed by atoms with Gasteiger partial charge >= 0.3 is 11.4 Å². The summed E-state index contributed by atoms with van der Waals surface area (Å²) in [5.74, 6) is 0. The maximum Gasteiger partial charge on any atom is 0.348 e. The van der Waals surface area contributed by atoms with E-state index >= 15 is 0 Å². The van der Waals surface area contributed by atoms with Crippen LogP contribution in [0.15, 0.2) is 24.4 Å². The molecule has 1 aromatic carbocycles. The minimum Gasteiger partial charge on any atom is -0.361 e. The molecule has 0 aliphatic rings. The number of fused-ring (bicyclic) bond motifs is 1. The van der Waals surface area contributed by atoms with Gasteiger partial charge in [0.25, 0.3) is 0 Å². The summed E-state index contributed by atoms with van der Waals surface area (Å²) < 4.78 is 0. The van der Waals surface area contributed by atoms with Crippen molar-refractivity contribution in [2.75, 3.05) is 0 Å². The Hall–Kier alpha value is -2.44. The smallest absolute Gasteiger partial charge is 0.348 e. The van der Waals surface area contributed by atoms with E-state index in [1.54, 1.807) is 12.3 Å². The molecule has 76 valence electrons. The molecule has 0 unspecified atom stereocenters. The Bertz CT molecular complexity index is 512. The lowest BCUT2D eigenvalue weighted by Crippen LogP contribution is -1.96. The highest BCUT2D eigenvalue weighted by molar-refractivity contribution is 5.85. The number of nitro benzene ring substituents is 2. The molecule has 0 atom stereocenters. The number of hydrogen-bond acceptors (Lipinski definition) is 4. The summed E-state index contributed by atoms with van der Waals surface area (Å²) in [4.78, 5) is 22.4. The van der Waals surface area contributed by atoms with E-state index in [-0.39, 0.29) is 0 Å². The molecule has 7 nitrogen and oxygen atoms in total. The zero-order chi connectivity index (χ0) is 11.0. The Labute approximate surface area is 82.6 Å². The van der Waals surface area contributed by atoms with Crippen molar-refractivity contribution in [2.24, 2.45) is 0 Å². The average molecular weight is 207 g/mol. The summed E-state index contributed by atoms with van der Waals surface area (Å²) in [6, 6.07) is 3.96. The van der Waals surface area contributed by atoms with Crippen molar-refractivity contribution in [1.29, 1.82) is 0 Å². The predicted octanol–water partition coefficient (Wildman–Crippen LogP) is 1.98. The van der Waals surface area contributed by atoms with Crippen molar-refractivity contribution >= 4 is 22.3 Å². The van der Waals surface area contributed by atoms with Gasteiger partial charge in [-0.3, -0.25) is 20.2 Å². The molecule has 0 fully saturated rings. The first kappa shape index (κ1) is 9.13. The van der Waals surface area contributed by atoms with Gasteiger partial charge in [-0.2, -0.15) is 0 Å². The molecule has 7 heteroatoms. The fraction of sp³-hybridized carbons (Fsp3) is 0. The third-order valence-corrected chi connectivity index (χ3v) is 2.04. The molecule has 0 saturated heterocycles. The largest absolute Gasteiger partial charge is 0.361 e. The second-order valence-electron chi connectivity index (χ2n) is 2.92. The normalized spacial score (nSPS) is 10.4. The maximum absolute atomic E-state index is 10.6. The second kappa shape index (κ2) is 3.05. The van der Waals surface area contributed by atoms with Crippen LogP contribution in [0.5, 0.6) is 0 Å². The van der Waals surface area contributed by atoms with Gasteiger partial charge in [0.05, 0.1) is 15.4 Å². The van der Waals surface area contributed by atoms with Crippen molar-refractivity contribution in [3.8, 4) is 0 Å². The molecule has 1 heterocycles. The molecule has 0 aliphatic carbocycles. The van der Waals surface area contributed by atoms with Gasteiger partial charge in [0.15, 0.2) is 0 Å². The van der Waals surface area contributed by atoms with E-state index in [1.165, 1.54) is 6.07 Å². The van der Waals surface area contributed by atoms with Crippen LogP contribution in [0.4, 0.5) is 11.4 Å². The van der Waals surface area contributed by atoms with Gasteiger partial charge < -0.3 is 4.98 Å². The number of nitrogens with one attached hydrogen (secondary N) is 1. The molecular weight excluding hydrogens is 202 g/mol. The van der Waals surface area contributed by atoms with Gasteiger partial charge in [0.1, 0.15) is 0 Å². The van der Waals surface area contributed by atoms with E-state index in [9.17, 15) is 20.2 Å². The van der Waals surface area contributed by atoms with Crippen molar-refractivity contribution < 1.29 is 9.85 Å². The predicted molar refractivity (Wildman–Crippen MR) is 51.6 cm³/mol. The topological polar surface area (TPSA) is 102 Å². The maximum atomic E-state index is 10.6. The quantitative estimate of drug-likeness (QED) is 0.600. The first-order valence-corrected chi connectivity index (χ1v) is 3.99. The van der Waals surface area contributed by atoms with Gasteiger partial charge in [0.2, 0.25) is 0 Å². The van der Waals surface area contributed by atoms with E-state index in [0.717, 1.165) is 6.07 Å². The Morgan fingerprint density at radius 3 is 2.27 bits per heavy atom. The summed E-state index contributed by atoms with van der Waals surface area (Å²) in [5.41, 5.74) is -0.491. The molecule has 15 heavy (non-hydrogen) atoms. The van der Waals surface area contributed by atoms with Gasteiger partial charge in [-0.1, -0.05) is 0 Å². The standard InChI is InChI=1S/C8H5N3O4/c12-10(13)7-3-5-1-2-9-6(5)4-8(7)11(14)15/h1-4,9H. The van der Waals surface area contributed by atoms with Crippen LogP contribution in [-0.4, -0.2) is 14.8 Å². The van der Waals surface area contributed by atoms with Gasteiger partial charge in [-0.25, -0.2) is 0 Å². The number of hydrogen-bond donors (Lipinski definition) is 1. The van der Waals surface area contributed by atoms with E-state index < -0.39 is 21.2 Å². The average Bonchev–Trinajstić information content (AvgIpc) is 2.61. The SMILES string of the molecule is O=[N+]([O-])c1cc2cc[nH]c2cc1[N+](=O)[O-]. The lowest BCUT2D eigenvalue weighted by atomic mass is 10.2. The number of benzene rings is 1. The Morgan fingerprint density at radius 1 is 1.07 bits per heavy atom. The van der Waals surface area contributed by atoms with Crippen LogP contribution in [0.1, 0.15) is 0 Å². The monoisotopic (exact) mass is 207 g/mol. The van der Waals surface area contributed by atoms with Crippen LogP contribution in [0.2, 0.25) is 0 Å². The van der Waals surface area contributed by atoms with Crippen molar-refractivity contribution in [1.82, 2.24) is 4.98 Å². The molecule has 0 aliphatic heterocycles. The lowest BCUT2D eigenvalue weighted by Gasteiger charge is -1.95. The number of H-pyrrole nitrogens is 1. The van der Waals surface area contributed by atoms with E-state index in [0.29, 0.717) is 10.9 Å². The minimum atomic E-state index is -0.765. The summed E-state index contributed by atoms with van der Waals surface area (Å²) in [6.07, 6.45) is 1.57. The second-order valence-corrected chi connectivity index (χ2v) is 2.92. The third-order valence-electron chi connectivity index (χ3n) is 2.04. The van der Waals surface area contributed by atoms with Crippen molar-refractivity contribution in [3.63, 3.8) is 0 Å². The fourth-order valence-corrected chi connectivity index (χ4v) is 1.37. The van der Waals surface area contributed by atoms with Gasteiger partial charge in [-0.15, -0.1) is 0 Å². The first-order chi connectivity index (χ1) is 7.09. The van der Waals surface area contributed by atoms with Crippen LogP contribution in [0.3, 0.4) is 0 Å². The van der Waals surface area contributed by atoms with Gasteiger partial charge in [-0.05, 0) is 6.07 Å². The summed E-state index contributed by atoms with van der Waals surface area (Å²) >= 11 is 0. The Balaban J connectivity index is 2.79. The molecule has 0 bridgehead atoms. The van der Waals surface area contributed by atoms with Crippen molar-refractivity contribution in [3.05, 3.63) is 44.6 Å². The molecule has 0 amide bonds. The number of aromatic amines is 1. The van der Waals surface area contributed by atoms with Crippen LogP contribution < -0.4 is 0 Å². The molecule has 0 spiro atoms. The van der Waals surface area contributed by atoms with Crippen LogP contribution in [0.25, 0.3) is 10.9 Å². The van der Waals surface area contributed by atoms with E-state index in [2.05, 4.69) is 4.98 Å². The zero-order valence-corrected chi connectivity index (χ0v) is 7.34. The summed E-state index contributed by atoms with van der Waals surface area (Å²) in [7, 11) is 0. The number of nitrogens with zero attached hydrogens (tertiary/aromatic N) is 2. The van der Waals surface area contributed by atoms with Crippen molar-refractivity contribution in [2.45, 2.75) is 0 Å². The Kier molecular flexibility index (Phi) is 1.86. The van der Waals surface area contributed by atoms with Crippen LogP contribution >= 0.6 is 0 Å². The third kappa shape index (κ3) is 1.39. The molecule has 0 saturated carbocycles. The number of nitro groups is 2. The van der Waals surface area contributed by atoms with E-state index in [1.807, 2.05) is 0 Å². The molecule has 1 N–H and O–H groups in total. The van der Waals surface area contributed by atoms with Crippen LogP contribution in [0, 0.1) is 20.2 Å². The highest BCUT2D eigenvalue weighted by Crippen LogP contribution is 2.30. The zero-order valence-electron chi connectivity index (χ0n) is 7.34. The molecule has 0 radical (unpaired) electrons. The Morgan fingerprint density at radius 2 is 1.67 bits per heavy atom.